The van der Waals surface area contributed by atoms with Crippen LogP contribution in [-0.4, -0.2) is 44.1 Å². The van der Waals surface area contributed by atoms with Crippen molar-refractivity contribution in [2.24, 2.45) is 0 Å². The first-order valence-electron chi connectivity index (χ1n) is 10.8. The molecule has 0 saturated heterocycles. The largest absolute Gasteiger partial charge is 0.506 e. The minimum absolute atomic E-state index is 0.0600. The SMILES string of the molecule is CCCCOc1cc(/C=C/C(=O)OCCOCC)ccc1OCCc1ccc(O)c(Cl)c1. The second kappa shape index (κ2) is 14.4. The van der Waals surface area contributed by atoms with Crippen molar-refractivity contribution in [1.29, 1.82) is 0 Å². The average molecular weight is 463 g/mol. The number of carbonyl (C=O) groups is 1. The van der Waals surface area contributed by atoms with Crippen LogP contribution >= 0.6 is 11.6 Å². The molecule has 32 heavy (non-hydrogen) atoms. The van der Waals surface area contributed by atoms with Crippen LogP contribution in [0, 0.1) is 0 Å². The number of ether oxygens (including phenoxy) is 4. The van der Waals surface area contributed by atoms with Crippen molar-refractivity contribution in [3.05, 3.63) is 58.6 Å². The van der Waals surface area contributed by atoms with Crippen LogP contribution in [0.1, 0.15) is 37.8 Å². The molecule has 0 heterocycles. The Balaban J connectivity index is 1.98. The van der Waals surface area contributed by atoms with E-state index < -0.39 is 5.97 Å². The van der Waals surface area contributed by atoms with Crippen LogP contribution in [0.3, 0.4) is 0 Å². The summed E-state index contributed by atoms with van der Waals surface area (Å²) in [5, 5.41) is 9.85. The third-order valence-electron chi connectivity index (χ3n) is 4.47. The first kappa shape index (κ1) is 25.6. The highest BCUT2D eigenvalue weighted by atomic mass is 35.5. The number of benzene rings is 2. The van der Waals surface area contributed by atoms with Gasteiger partial charge in [-0.05, 0) is 54.8 Å². The van der Waals surface area contributed by atoms with Gasteiger partial charge in [-0.2, -0.15) is 0 Å². The normalized spacial score (nSPS) is 11.0. The summed E-state index contributed by atoms with van der Waals surface area (Å²) in [7, 11) is 0. The maximum absolute atomic E-state index is 11.8. The number of hydrogen-bond acceptors (Lipinski definition) is 6. The molecule has 0 amide bonds. The Morgan fingerprint density at radius 1 is 1.00 bits per heavy atom. The zero-order valence-corrected chi connectivity index (χ0v) is 19.4. The molecular formula is C25H31ClO6. The second-order valence-electron chi connectivity index (χ2n) is 6.99. The van der Waals surface area contributed by atoms with Crippen LogP contribution in [-0.2, 0) is 20.7 Å². The summed E-state index contributed by atoms with van der Waals surface area (Å²) in [6.07, 6.45) is 5.64. The first-order chi connectivity index (χ1) is 15.5. The fourth-order valence-electron chi connectivity index (χ4n) is 2.73. The van der Waals surface area contributed by atoms with E-state index in [2.05, 4.69) is 6.92 Å². The minimum Gasteiger partial charge on any atom is -0.506 e. The molecule has 2 rings (SSSR count). The predicted molar refractivity (Wildman–Crippen MR) is 126 cm³/mol. The summed E-state index contributed by atoms with van der Waals surface area (Å²) in [6.45, 7) is 6.18. The van der Waals surface area contributed by atoms with Gasteiger partial charge < -0.3 is 24.1 Å². The molecule has 0 aromatic heterocycles. The van der Waals surface area contributed by atoms with E-state index in [1.165, 1.54) is 6.08 Å². The van der Waals surface area contributed by atoms with Crippen LogP contribution in [0.25, 0.3) is 6.08 Å². The van der Waals surface area contributed by atoms with Crippen LogP contribution in [0.4, 0.5) is 0 Å². The van der Waals surface area contributed by atoms with Gasteiger partial charge in [0.1, 0.15) is 12.4 Å². The Kier molecular flexibility index (Phi) is 11.5. The summed E-state index contributed by atoms with van der Waals surface area (Å²) in [6, 6.07) is 10.6. The van der Waals surface area contributed by atoms with Crippen molar-refractivity contribution in [3.63, 3.8) is 0 Å². The van der Waals surface area contributed by atoms with Crippen molar-refractivity contribution in [1.82, 2.24) is 0 Å². The highest BCUT2D eigenvalue weighted by Crippen LogP contribution is 2.30. The van der Waals surface area contributed by atoms with E-state index in [0.717, 1.165) is 24.0 Å². The molecule has 6 nitrogen and oxygen atoms in total. The lowest BCUT2D eigenvalue weighted by molar-refractivity contribution is -0.139. The van der Waals surface area contributed by atoms with E-state index in [4.69, 9.17) is 30.5 Å². The molecule has 0 saturated carbocycles. The number of phenols is 1. The lowest BCUT2D eigenvalue weighted by atomic mass is 10.1. The average Bonchev–Trinajstić information content (AvgIpc) is 2.79. The van der Waals surface area contributed by atoms with E-state index in [1.807, 2.05) is 31.2 Å². The number of unbranched alkanes of at least 4 members (excludes halogenated alkanes) is 1. The quantitative estimate of drug-likeness (QED) is 0.229. The molecule has 7 heteroatoms. The summed E-state index contributed by atoms with van der Waals surface area (Å²) in [5.74, 6) is 0.882. The summed E-state index contributed by atoms with van der Waals surface area (Å²) in [5.41, 5.74) is 1.76. The van der Waals surface area contributed by atoms with Gasteiger partial charge in [-0.15, -0.1) is 0 Å². The topological polar surface area (TPSA) is 74.2 Å². The highest BCUT2D eigenvalue weighted by Gasteiger charge is 2.08. The van der Waals surface area contributed by atoms with Gasteiger partial charge in [0.25, 0.3) is 0 Å². The summed E-state index contributed by atoms with van der Waals surface area (Å²) in [4.78, 5) is 11.8. The lowest BCUT2D eigenvalue weighted by Gasteiger charge is -2.14. The van der Waals surface area contributed by atoms with Gasteiger partial charge in [0.15, 0.2) is 11.5 Å². The van der Waals surface area contributed by atoms with Crippen molar-refractivity contribution < 1.29 is 28.8 Å². The Labute approximate surface area is 194 Å². The van der Waals surface area contributed by atoms with E-state index in [0.29, 0.717) is 49.4 Å². The Morgan fingerprint density at radius 2 is 1.81 bits per heavy atom. The summed E-state index contributed by atoms with van der Waals surface area (Å²) < 4.78 is 22.1. The lowest BCUT2D eigenvalue weighted by Crippen LogP contribution is -2.08. The van der Waals surface area contributed by atoms with Crippen LogP contribution in [0.2, 0.25) is 5.02 Å². The summed E-state index contributed by atoms with van der Waals surface area (Å²) >= 11 is 5.96. The van der Waals surface area contributed by atoms with Crippen molar-refractivity contribution in [2.75, 3.05) is 33.0 Å². The van der Waals surface area contributed by atoms with Gasteiger partial charge in [-0.3, -0.25) is 0 Å². The number of carbonyl (C=O) groups excluding carboxylic acids is 1. The Bertz CT molecular complexity index is 881. The van der Waals surface area contributed by atoms with Gasteiger partial charge in [0.05, 0.1) is 24.8 Å². The Morgan fingerprint density at radius 3 is 2.56 bits per heavy atom. The van der Waals surface area contributed by atoms with Crippen LogP contribution in [0.5, 0.6) is 17.2 Å². The first-order valence-corrected chi connectivity index (χ1v) is 11.2. The van der Waals surface area contributed by atoms with E-state index >= 15 is 0 Å². The smallest absolute Gasteiger partial charge is 0.330 e. The molecule has 0 radical (unpaired) electrons. The monoisotopic (exact) mass is 462 g/mol. The van der Waals surface area contributed by atoms with Gasteiger partial charge >= 0.3 is 5.97 Å². The molecular weight excluding hydrogens is 432 g/mol. The second-order valence-corrected chi connectivity index (χ2v) is 7.40. The number of esters is 1. The van der Waals surface area contributed by atoms with E-state index in [1.54, 1.807) is 18.2 Å². The van der Waals surface area contributed by atoms with Gasteiger partial charge in [-0.1, -0.05) is 37.1 Å². The maximum Gasteiger partial charge on any atom is 0.330 e. The molecule has 0 bridgehead atoms. The number of hydrogen-bond donors (Lipinski definition) is 1. The molecule has 0 aliphatic heterocycles. The molecule has 174 valence electrons. The number of rotatable bonds is 14. The fraction of sp³-hybridized carbons (Fsp3) is 0.400. The molecule has 2 aromatic rings. The molecule has 0 atom stereocenters. The van der Waals surface area contributed by atoms with E-state index in [9.17, 15) is 9.90 Å². The predicted octanol–water partition coefficient (Wildman–Crippen LogP) is 5.44. The van der Waals surface area contributed by atoms with Crippen molar-refractivity contribution in [3.8, 4) is 17.2 Å². The molecule has 0 spiro atoms. The van der Waals surface area contributed by atoms with Crippen LogP contribution in [0.15, 0.2) is 42.5 Å². The van der Waals surface area contributed by atoms with Gasteiger partial charge in [0.2, 0.25) is 0 Å². The minimum atomic E-state index is -0.425. The molecule has 2 aromatic carbocycles. The van der Waals surface area contributed by atoms with Gasteiger partial charge in [0, 0.05) is 19.1 Å². The third-order valence-corrected chi connectivity index (χ3v) is 4.77. The molecule has 1 N–H and O–H groups in total. The number of phenolic OH excluding ortho intramolecular Hbond substituents is 1. The highest BCUT2D eigenvalue weighted by molar-refractivity contribution is 6.32. The van der Waals surface area contributed by atoms with Crippen molar-refractivity contribution in [2.45, 2.75) is 33.1 Å². The molecule has 0 aliphatic carbocycles. The third kappa shape index (κ3) is 9.20. The zero-order chi connectivity index (χ0) is 23.2. The molecule has 0 fully saturated rings. The fourth-order valence-corrected chi connectivity index (χ4v) is 2.93. The Hall–Kier alpha value is -2.70. The standard InChI is InChI=1S/C25H31ClO6/c1-3-5-13-30-24-18-19(8-11-25(28)32-16-15-29-4-2)7-10-23(24)31-14-12-20-6-9-22(27)21(26)17-20/h6-11,17-18,27H,3-5,12-16H2,1-2H3/b11-8+. The van der Waals surface area contributed by atoms with Crippen LogP contribution < -0.4 is 9.47 Å². The number of halogens is 1. The zero-order valence-electron chi connectivity index (χ0n) is 18.6. The molecule has 0 unspecified atom stereocenters. The number of aromatic hydroxyl groups is 1. The molecule has 0 aliphatic rings. The maximum atomic E-state index is 11.8. The van der Waals surface area contributed by atoms with E-state index in [-0.39, 0.29) is 12.4 Å². The van der Waals surface area contributed by atoms with Gasteiger partial charge in [-0.25, -0.2) is 4.79 Å². The van der Waals surface area contributed by atoms with Crippen molar-refractivity contribution >= 4 is 23.6 Å².